The van der Waals surface area contributed by atoms with Crippen LogP contribution in [0.15, 0.2) is 18.3 Å². The van der Waals surface area contributed by atoms with Gasteiger partial charge in [-0.2, -0.15) is 5.26 Å². The van der Waals surface area contributed by atoms with Crippen LogP contribution < -0.4 is 10.1 Å². The first-order chi connectivity index (χ1) is 13.6. The number of thiophene rings is 1. The Morgan fingerprint density at radius 3 is 2.93 bits per heavy atom. The number of amides is 1. The van der Waals surface area contributed by atoms with Gasteiger partial charge in [-0.05, 0) is 50.3 Å². The molecule has 1 N–H and O–H groups in total. The summed E-state index contributed by atoms with van der Waals surface area (Å²) in [5, 5.41) is 12.8. The van der Waals surface area contributed by atoms with Crippen LogP contribution in [0.2, 0.25) is 0 Å². The van der Waals surface area contributed by atoms with E-state index in [4.69, 9.17) is 9.47 Å². The summed E-state index contributed by atoms with van der Waals surface area (Å²) in [7, 11) is 0. The van der Waals surface area contributed by atoms with Crippen molar-refractivity contribution < 1.29 is 19.1 Å². The summed E-state index contributed by atoms with van der Waals surface area (Å²) in [6.45, 7) is 1.69. The Hall–Kier alpha value is -2.92. The lowest BCUT2D eigenvalue weighted by atomic mass is 10.1. The predicted octanol–water partition coefficient (Wildman–Crippen LogP) is 3.48. The number of nitriles is 1. The minimum atomic E-state index is -0.686. The first-order valence-corrected chi connectivity index (χ1v) is 10.0. The van der Waals surface area contributed by atoms with E-state index in [0.717, 1.165) is 42.5 Å². The minimum Gasteiger partial charge on any atom is -0.477 e. The van der Waals surface area contributed by atoms with Crippen LogP contribution in [0.4, 0.5) is 5.00 Å². The van der Waals surface area contributed by atoms with E-state index in [9.17, 15) is 14.9 Å². The number of fused-ring (bicyclic) bond motifs is 1. The van der Waals surface area contributed by atoms with Crippen molar-refractivity contribution in [2.24, 2.45) is 0 Å². The van der Waals surface area contributed by atoms with Gasteiger partial charge in [0.25, 0.3) is 5.91 Å². The SMILES string of the molecule is CCOc1ncccc1C(=O)OCC(=O)Nc1sc2c(c1C#N)CCCCC2. The maximum atomic E-state index is 12.3. The van der Waals surface area contributed by atoms with Crippen molar-refractivity contribution in [3.05, 3.63) is 39.9 Å². The zero-order chi connectivity index (χ0) is 19.9. The van der Waals surface area contributed by atoms with Crippen molar-refractivity contribution in [1.29, 1.82) is 5.26 Å². The molecule has 0 aromatic carbocycles. The van der Waals surface area contributed by atoms with Crippen LogP contribution in [-0.4, -0.2) is 30.1 Å². The molecule has 0 radical (unpaired) electrons. The quantitative estimate of drug-likeness (QED) is 0.589. The molecule has 0 spiro atoms. The van der Waals surface area contributed by atoms with Crippen molar-refractivity contribution in [3.63, 3.8) is 0 Å². The van der Waals surface area contributed by atoms with E-state index in [1.807, 2.05) is 0 Å². The van der Waals surface area contributed by atoms with E-state index in [1.54, 1.807) is 13.0 Å². The van der Waals surface area contributed by atoms with Gasteiger partial charge >= 0.3 is 5.97 Å². The molecule has 0 aliphatic heterocycles. The van der Waals surface area contributed by atoms with E-state index in [0.29, 0.717) is 17.2 Å². The number of carbonyl (C=O) groups excluding carboxylic acids is 2. The predicted molar refractivity (Wildman–Crippen MR) is 105 cm³/mol. The zero-order valence-corrected chi connectivity index (χ0v) is 16.4. The van der Waals surface area contributed by atoms with Gasteiger partial charge in [-0.3, -0.25) is 4.79 Å². The second kappa shape index (κ2) is 9.33. The molecule has 1 aliphatic carbocycles. The number of esters is 1. The fourth-order valence-electron chi connectivity index (χ4n) is 3.12. The third kappa shape index (κ3) is 4.49. The Labute approximate surface area is 167 Å². The molecule has 8 heteroatoms. The normalized spacial score (nSPS) is 13.0. The largest absolute Gasteiger partial charge is 0.477 e. The number of nitrogens with zero attached hydrogens (tertiary/aromatic N) is 2. The molecule has 7 nitrogen and oxygen atoms in total. The van der Waals surface area contributed by atoms with Crippen LogP contribution in [-0.2, 0) is 22.4 Å². The molecular weight excluding hydrogens is 378 g/mol. The number of carbonyl (C=O) groups is 2. The summed E-state index contributed by atoms with van der Waals surface area (Å²) >= 11 is 1.44. The van der Waals surface area contributed by atoms with Crippen molar-refractivity contribution in [3.8, 4) is 11.9 Å². The number of nitrogens with one attached hydrogen (secondary N) is 1. The van der Waals surface area contributed by atoms with Crippen LogP contribution in [0, 0.1) is 11.3 Å². The Morgan fingerprint density at radius 2 is 2.14 bits per heavy atom. The highest BCUT2D eigenvalue weighted by molar-refractivity contribution is 7.16. The average Bonchev–Trinajstić information content (AvgIpc) is 2.86. The molecule has 146 valence electrons. The molecule has 0 atom stereocenters. The number of rotatable bonds is 6. The summed E-state index contributed by atoms with van der Waals surface area (Å²) in [4.78, 5) is 29.7. The van der Waals surface area contributed by atoms with E-state index in [1.165, 1.54) is 23.6 Å². The highest BCUT2D eigenvalue weighted by Gasteiger charge is 2.22. The Bertz CT molecular complexity index is 917. The third-order valence-corrected chi connectivity index (χ3v) is 5.60. The fourth-order valence-corrected chi connectivity index (χ4v) is 4.37. The smallest absolute Gasteiger partial charge is 0.344 e. The Kier molecular flexibility index (Phi) is 6.61. The minimum absolute atomic E-state index is 0.165. The lowest BCUT2D eigenvalue weighted by Crippen LogP contribution is -2.21. The van der Waals surface area contributed by atoms with Crippen LogP contribution in [0.5, 0.6) is 5.88 Å². The monoisotopic (exact) mass is 399 g/mol. The zero-order valence-electron chi connectivity index (χ0n) is 15.6. The molecule has 0 unspecified atom stereocenters. The molecule has 0 saturated carbocycles. The van der Waals surface area contributed by atoms with Gasteiger partial charge in [0.05, 0.1) is 12.2 Å². The molecule has 0 bridgehead atoms. The second-order valence-electron chi connectivity index (χ2n) is 6.29. The van der Waals surface area contributed by atoms with Gasteiger partial charge < -0.3 is 14.8 Å². The average molecular weight is 399 g/mol. The molecule has 2 aromatic heterocycles. The fraction of sp³-hybridized carbons (Fsp3) is 0.400. The number of anilines is 1. The molecular formula is C20H21N3O4S. The number of aryl methyl sites for hydroxylation is 1. The standard InChI is InChI=1S/C20H21N3O4S/c1-2-26-18-14(8-6-10-22-18)20(25)27-12-17(24)23-19-15(11-21)13-7-4-3-5-9-16(13)28-19/h6,8,10H,2-5,7,9,12H2,1H3,(H,23,24). The summed E-state index contributed by atoms with van der Waals surface area (Å²) in [5.74, 6) is -0.999. The first kappa shape index (κ1) is 19.8. The van der Waals surface area contributed by atoms with Crippen molar-refractivity contribution in [2.75, 3.05) is 18.5 Å². The van der Waals surface area contributed by atoms with Gasteiger partial charge in [-0.15, -0.1) is 11.3 Å². The highest BCUT2D eigenvalue weighted by atomic mass is 32.1. The number of pyridine rings is 1. The molecule has 28 heavy (non-hydrogen) atoms. The molecule has 2 aromatic rings. The van der Waals surface area contributed by atoms with Gasteiger partial charge in [-0.1, -0.05) is 6.42 Å². The van der Waals surface area contributed by atoms with Crippen molar-refractivity contribution in [1.82, 2.24) is 4.98 Å². The summed E-state index contributed by atoms with van der Waals surface area (Å²) < 4.78 is 10.4. The van der Waals surface area contributed by atoms with E-state index in [-0.39, 0.29) is 11.4 Å². The van der Waals surface area contributed by atoms with Gasteiger partial charge in [0.1, 0.15) is 16.6 Å². The first-order valence-electron chi connectivity index (χ1n) is 9.23. The second-order valence-corrected chi connectivity index (χ2v) is 7.40. The lowest BCUT2D eigenvalue weighted by molar-refractivity contribution is -0.119. The van der Waals surface area contributed by atoms with Crippen molar-refractivity contribution >= 4 is 28.2 Å². The summed E-state index contributed by atoms with van der Waals surface area (Å²) in [5.41, 5.74) is 1.75. The van der Waals surface area contributed by atoms with Gasteiger partial charge in [0, 0.05) is 11.1 Å². The van der Waals surface area contributed by atoms with Crippen LogP contribution >= 0.6 is 11.3 Å². The van der Waals surface area contributed by atoms with E-state index >= 15 is 0 Å². The third-order valence-electron chi connectivity index (χ3n) is 4.39. The highest BCUT2D eigenvalue weighted by Crippen LogP contribution is 2.36. The van der Waals surface area contributed by atoms with Crippen molar-refractivity contribution in [2.45, 2.75) is 39.0 Å². The van der Waals surface area contributed by atoms with Gasteiger partial charge in [0.2, 0.25) is 5.88 Å². The molecule has 3 rings (SSSR count). The van der Waals surface area contributed by atoms with E-state index < -0.39 is 18.5 Å². The Balaban J connectivity index is 1.64. The van der Waals surface area contributed by atoms with Crippen LogP contribution in [0.25, 0.3) is 0 Å². The number of hydrogen-bond donors (Lipinski definition) is 1. The molecule has 1 aliphatic rings. The summed E-state index contributed by atoms with van der Waals surface area (Å²) in [6.07, 6.45) is 6.61. The maximum absolute atomic E-state index is 12.3. The number of hydrogen-bond acceptors (Lipinski definition) is 7. The van der Waals surface area contributed by atoms with Gasteiger partial charge in [-0.25, -0.2) is 9.78 Å². The number of aromatic nitrogens is 1. The van der Waals surface area contributed by atoms with Gasteiger partial charge in [0.15, 0.2) is 6.61 Å². The molecule has 1 amide bonds. The number of ether oxygens (including phenoxy) is 2. The van der Waals surface area contributed by atoms with Crippen LogP contribution in [0.1, 0.15) is 52.5 Å². The maximum Gasteiger partial charge on any atom is 0.344 e. The molecule has 0 saturated heterocycles. The summed E-state index contributed by atoms with van der Waals surface area (Å²) in [6, 6.07) is 5.34. The Morgan fingerprint density at radius 1 is 1.32 bits per heavy atom. The topological polar surface area (TPSA) is 101 Å². The van der Waals surface area contributed by atoms with E-state index in [2.05, 4.69) is 16.4 Å². The lowest BCUT2D eigenvalue weighted by Gasteiger charge is -2.09. The molecule has 2 heterocycles. The molecule has 0 fully saturated rings. The van der Waals surface area contributed by atoms with Crippen LogP contribution in [0.3, 0.4) is 0 Å².